The van der Waals surface area contributed by atoms with Gasteiger partial charge < -0.3 is 14.7 Å². The van der Waals surface area contributed by atoms with E-state index in [0.29, 0.717) is 24.8 Å². The molecule has 27 heavy (non-hydrogen) atoms. The van der Waals surface area contributed by atoms with Gasteiger partial charge in [-0.2, -0.15) is 0 Å². The molecule has 2 unspecified atom stereocenters. The van der Waals surface area contributed by atoms with Gasteiger partial charge in [-0.25, -0.2) is 0 Å². The molecule has 0 bridgehead atoms. The Hall–Kier alpha value is -1.80. The van der Waals surface area contributed by atoms with Crippen molar-refractivity contribution < 1.29 is 9.32 Å². The van der Waals surface area contributed by atoms with Gasteiger partial charge in [0.25, 0.3) is 0 Å². The zero-order valence-corrected chi connectivity index (χ0v) is 16.6. The van der Waals surface area contributed by atoms with Gasteiger partial charge >= 0.3 is 0 Å². The smallest absolute Gasteiger partial charge is 0.223 e. The van der Waals surface area contributed by atoms with Crippen LogP contribution in [0.5, 0.6) is 0 Å². The van der Waals surface area contributed by atoms with Gasteiger partial charge in [0.1, 0.15) is 5.76 Å². The molecule has 1 N–H and O–H groups in total. The summed E-state index contributed by atoms with van der Waals surface area (Å²) in [5.74, 6) is 5.26. The molecule has 5 heteroatoms. The number of nitrogens with zero attached hydrogens (tertiary/aromatic N) is 2. The van der Waals surface area contributed by atoms with E-state index in [1.54, 1.807) is 11.9 Å². The molecule has 2 aliphatic rings. The third-order valence-corrected chi connectivity index (χ3v) is 6.25. The summed E-state index contributed by atoms with van der Waals surface area (Å²) in [5, 5.41) is 7.80. The molecule has 0 spiro atoms. The molecule has 1 saturated heterocycles. The van der Waals surface area contributed by atoms with Crippen molar-refractivity contribution in [3.05, 3.63) is 17.5 Å². The molecule has 0 aromatic carbocycles. The molecule has 1 amide bonds. The lowest BCUT2D eigenvalue weighted by molar-refractivity contribution is -0.131. The number of aromatic nitrogens is 1. The van der Waals surface area contributed by atoms with Crippen molar-refractivity contribution in [3.8, 4) is 12.3 Å². The number of hydrogen-bond acceptors (Lipinski definition) is 4. The van der Waals surface area contributed by atoms with Gasteiger partial charge in [-0.05, 0) is 43.7 Å². The maximum Gasteiger partial charge on any atom is 0.223 e. The van der Waals surface area contributed by atoms with Crippen LogP contribution in [0.25, 0.3) is 0 Å². The second-order valence-electron chi connectivity index (χ2n) is 8.37. The molecule has 0 radical (unpaired) electrons. The minimum atomic E-state index is 0.142. The van der Waals surface area contributed by atoms with Crippen molar-refractivity contribution >= 4 is 5.91 Å². The van der Waals surface area contributed by atoms with Crippen molar-refractivity contribution in [2.24, 2.45) is 17.8 Å². The number of carbonyl (C=O) groups excluding carboxylic acids is 1. The summed E-state index contributed by atoms with van der Waals surface area (Å²) in [6.45, 7) is 2.28. The minimum absolute atomic E-state index is 0.142. The summed E-state index contributed by atoms with van der Waals surface area (Å²) in [6, 6.07) is 2.15. The highest BCUT2D eigenvalue weighted by atomic mass is 16.5. The summed E-state index contributed by atoms with van der Waals surface area (Å²) in [5.41, 5.74) is 1.03. The van der Waals surface area contributed by atoms with Crippen LogP contribution < -0.4 is 5.32 Å². The van der Waals surface area contributed by atoms with Crippen LogP contribution in [0.3, 0.4) is 0 Å². The normalized spacial score (nSPS) is 23.7. The van der Waals surface area contributed by atoms with Gasteiger partial charge in [0.2, 0.25) is 5.91 Å². The number of nitrogens with one attached hydrogen (secondary N) is 1. The van der Waals surface area contributed by atoms with Crippen LogP contribution >= 0.6 is 0 Å². The van der Waals surface area contributed by atoms with E-state index in [2.05, 4.69) is 22.5 Å². The Balaban J connectivity index is 1.54. The predicted octanol–water partition coefficient (Wildman–Crippen LogP) is 3.05. The van der Waals surface area contributed by atoms with E-state index in [4.69, 9.17) is 10.9 Å². The average molecular weight is 372 g/mol. The van der Waals surface area contributed by atoms with Crippen LogP contribution in [-0.2, 0) is 17.6 Å². The molecule has 148 valence electrons. The molecule has 1 aromatic heterocycles. The molecule has 2 atom stereocenters. The maximum atomic E-state index is 12.4. The molecule has 1 aliphatic carbocycles. The molecule has 2 heterocycles. The van der Waals surface area contributed by atoms with Crippen LogP contribution in [0.1, 0.15) is 56.4 Å². The third kappa shape index (κ3) is 5.84. The molecule has 1 aromatic rings. The number of piperidine rings is 1. The third-order valence-electron chi connectivity index (χ3n) is 6.25. The van der Waals surface area contributed by atoms with E-state index in [1.165, 1.54) is 32.1 Å². The highest BCUT2D eigenvalue weighted by molar-refractivity contribution is 5.76. The fraction of sp³-hybridized carbons (Fsp3) is 0.727. The summed E-state index contributed by atoms with van der Waals surface area (Å²) in [6.07, 6.45) is 15.5. The molecular formula is C22H33N3O2. The largest absolute Gasteiger partial charge is 0.361 e. The Kier molecular flexibility index (Phi) is 7.34. The van der Waals surface area contributed by atoms with E-state index < -0.39 is 0 Å². The first-order valence-corrected chi connectivity index (χ1v) is 10.5. The van der Waals surface area contributed by atoms with Crippen LogP contribution in [0.4, 0.5) is 0 Å². The first-order chi connectivity index (χ1) is 13.2. The predicted molar refractivity (Wildman–Crippen MR) is 106 cm³/mol. The van der Waals surface area contributed by atoms with Crippen LogP contribution in [-0.4, -0.2) is 42.6 Å². The Morgan fingerprint density at radius 2 is 2.11 bits per heavy atom. The number of amides is 1. The Labute approximate surface area is 163 Å². The lowest BCUT2D eigenvalue weighted by atomic mass is 9.81. The lowest BCUT2D eigenvalue weighted by Crippen LogP contribution is -2.40. The van der Waals surface area contributed by atoms with Gasteiger partial charge in [0.15, 0.2) is 0 Å². The number of terminal acetylenes is 1. The van der Waals surface area contributed by atoms with Crippen molar-refractivity contribution in [1.29, 1.82) is 0 Å². The first kappa shape index (κ1) is 19.9. The standard InChI is InChI=1S/C22H33N3O2/c1-3-11-25(2)22(26)14-18-9-10-23-16-19(18)13-20-15-21(27-24-20)12-17-7-5-4-6-8-17/h1,15,17-19,23H,4-14,16H2,2H3. The average Bonchev–Trinajstić information content (AvgIpc) is 3.11. The second-order valence-corrected chi connectivity index (χ2v) is 8.37. The highest BCUT2D eigenvalue weighted by Crippen LogP contribution is 2.29. The number of rotatable bonds is 7. The minimum Gasteiger partial charge on any atom is -0.361 e. The first-order valence-electron chi connectivity index (χ1n) is 10.5. The molecular weight excluding hydrogens is 338 g/mol. The van der Waals surface area contributed by atoms with E-state index in [9.17, 15) is 4.79 Å². The topological polar surface area (TPSA) is 58.4 Å². The van der Waals surface area contributed by atoms with Crippen molar-refractivity contribution in [2.45, 2.75) is 57.8 Å². The van der Waals surface area contributed by atoms with Crippen molar-refractivity contribution in [3.63, 3.8) is 0 Å². The quantitative estimate of drug-likeness (QED) is 0.749. The van der Waals surface area contributed by atoms with Crippen LogP contribution in [0, 0.1) is 30.1 Å². The molecule has 5 nitrogen and oxygen atoms in total. The molecule has 2 fully saturated rings. The van der Waals surface area contributed by atoms with E-state index in [0.717, 1.165) is 49.7 Å². The number of carbonyl (C=O) groups is 1. The van der Waals surface area contributed by atoms with Gasteiger partial charge in [0.05, 0.1) is 12.2 Å². The zero-order chi connectivity index (χ0) is 19.1. The Bertz CT molecular complexity index is 642. The SMILES string of the molecule is C#CCN(C)C(=O)CC1CCNCC1Cc1cc(CC2CCCCC2)on1. The van der Waals surface area contributed by atoms with Gasteiger partial charge in [0, 0.05) is 26.0 Å². The maximum absolute atomic E-state index is 12.4. The summed E-state index contributed by atoms with van der Waals surface area (Å²) in [7, 11) is 1.79. The fourth-order valence-electron chi connectivity index (χ4n) is 4.58. The Morgan fingerprint density at radius 1 is 1.30 bits per heavy atom. The highest BCUT2D eigenvalue weighted by Gasteiger charge is 2.29. The lowest BCUT2D eigenvalue weighted by Gasteiger charge is -2.32. The summed E-state index contributed by atoms with van der Waals surface area (Å²) < 4.78 is 5.63. The van der Waals surface area contributed by atoms with E-state index in [-0.39, 0.29) is 5.91 Å². The molecule has 1 aliphatic heterocycles. The van der Waals surface area contributed by atoms with Crippen LogP contribution in [0.15, 0.2) is 10.6 Å². The zero-order valence-electron chi connectivity index (χ0n) is 16.6. The number of hydrogen-bond donors (Lipinski definition) is 1. The second kappa shape index (κ2) is 9.94. The molecule has 3 rings (SSSR count). The van der Waals surface area contributed by atoms with Crippen molar-refractivity contribution in [2.75, 3.05) is 26.7 Å². The summed E-state index contributed by atoms with van der Waals surface area (Å²) >= 11 is 0. The van der Waals surface area contributed by atoms with Gasteiger partial charge in [-0.15, -0.1) is 6.42 Å². The van der Waals surface area contributed by atoms with Crippen molar-refractivity contribution in [1.82, 2.24) is 15.4 Å². The van der Waals surface area contributed by atoms with Crippen LogP contribution in [0.2, 0.25) is 0 Å². The van der Waals surface area contributed by atoms with Gasteiger partial charge in [-0.1, -0.05) is 43.2 Å². The molecule has 1 saturated carbocycles. The van der Waals surface area contributed by atoms with E-state index >= 15 is 0 Å². The fourth-order valence-corrected chi connectivity index (χ4v) is 4.58. The Morgan fingerprint density at radius 3 is 2.89 bits per heavy atom. The summed E-state index contributed by atoms with van der Waals surface area (Å²) in [4.78, 5) is 14.1. The monoisotopic (exact) mass is 371 g/mol. The van der Waals surface area contributed by atoms with E-state index in [1.807, 2.05) is 0 Å². The van der Waals surface area contributed by atoms with Gasteiger partial charge in [-0.3, -0.25) is 4.79 Å².